The molecular formula is C54H34N6. The first-order valence-corrected chi connectivity index (χ1v) is 19.7. The van der Waals surface area contributed by atoms with Crippen LogP contribution >= 0.6 is 0 Å². The lowest BCUT2D eigenvalue weighted by Gasteiger charge is -2.16. The topological polar surface area (TPSA) is 88.2 Å². The van der Waals surface area contributed by atoms with Crippen LogP contribution in [0.4, 0.5) is 0 Å². The quantitative estimate of drug-likeness (QED) is 0.153. The van der Waals surface area contributed by atoms with Crippen LogP contribution in [0.15, 0.2) is 206 Å². The Bertz CT molecular complexity index is 3200. The first kappa shape index (κ1) is 36.0. The van der Waals surface area contributed by atoms with Gasteiger partial charge in [-0.05, 0) is 63.7 Å². The first-order chi connectivity index (χ1) is 29.7. The molecule has 0 bridgehead atoms. The smallest absolute Gasteiger partial charge is 0.164 e. The molecule has 0 spiro atoms. The second-order valence-electron chi connectivity index (χ2n) is 14.4. The largest absolute Gasteiger partial charge is 0.228 e. The molecule has 0 amide bonds. The third-order valence-electron chi connectivity index (χ3n) is 10.6. The van der Waals surface area contributed by atoms with Crippen LogP contribution in [0, 0.1) is 11.3 Å². The number of aromatic nitrogens is 5. The number of nitriles is 1. The molecule has 0 aliphatic carbocycles. The third kappa shape index (κ3) is 7.20. The molecule has 280 valence electrons. The average Bonchev–Trinajstić information content (AvgIpc) is 3.34. The highest BCUT2D eigenvalue weighted by Gasteiger charge is 2.18. The van der Waals surface area contributed by atoms with E-state index in [0.717, 1.165) is 77.8 Å². The molecule has 2 heterocycles. The minimum absolute atomic E-state index is 0.559. The van der Waals surface area contributed by atoms with Gasteiger partial charge in [-0.2, -0.15) is 5.26 Å². The van der Waals surface area contributed by atoms with E-state index in [-0.39, 0.29) is 0 Å². The minimum Gasteiger partial charge on any atom is -0.228 e. The van der Waals surface area contributed by atoms with Crippen molar-refractivity contribution in [3.63, 3.8) is 0 Å². The molecule has 8 aromatic carbocycles. The summed E-state index contributed by atoms with van der Waals surface area (Å²) in [4.78, 5) is 25.3. The molecule has 6 nitrogen and oxygen atoms in total. The van der Waals surface area contributed by atoms with Crippen molar-refractivity contribution in [2.24, 2.45) is 0 Å². The van der Waals surface area contributed by atoms with E-state index in [1.807, 2.05) is 121 Å². The van der Waals surface area contributed by atoms with Gasteiger partial charge in [0.25, 0.3) is 0 Å². The van der Waals surface area contributed by atoms with Gasteiger partial charge in [-0.3, -0.25) is 0 Å². The number of nitrogens with zero attached hydrogens (tertiary/aromatic N) is 6. The average molecular weight is 767 g/mol. The highest BCUT2D eigenvalue weighted by atomic mass is 15.0. The van der Waals surface area contributed by atoms with Crippen LogP contribution in [0.2, 0.25) is 0 Å². The standard InChI is InChI=1S/C54H34N6/c55-35-36-14-12-21-42(32-36)43-22-13-23-45(33-43)54-59-52(40-19-8-3-9-20-40)58-53(60-54)41-28-26-38(27-29-41)48-34-44(37-15-4-1-5-16-37)30-31-46(48)50-47-24-10-11-25-49(47)56-51(57-50)39-17-6-2-7-18-39/h1-34H. The maximum absolute atomic E-state index is 9.53. The van der Waals surface area contributed by atoms with E-state index in [4.69, 9.17) is 24.9 Å². The molecule has 2 aromatic heterocycles. The zero-order chi connectivity index (χ0) is 40.3. The van der Waals surface area contributed by atoms with Crippen LogP contribution in [0.25, 0.3) is 101 Å². The van der Waals surface area contributed by atoms with Gasteiger partial charge in [0, 0.05) is 33.2 Å². The molecule has 0 fully saturated rings. The van der Waals surface area contributed by atoms with Crippen molar-refractivity contribution in [3.05, 3.63) is 212 Å². The van der Waals surface area contributed by atoms with E-state index >= 15 is 0 Å². The van der Waals surface area contributed by atoms with Gasteiger partial charge in [0.2, 0.25) is 0 Å². The molecule has 10 rings (SSSR count). The predicted octanol–water partition coefficient (Wildman–Crippen LogP) is 13.0. The van der Waals surface area contributed by atoms with E-state index < -0.39 is 0 Å². The van der Waals surface area contributed by atoms with Crippen molar-refractivity contribution in [1.82, 2.24) is 24.9 Å². The molecule has 0 aliphatic heterocycles. The van der Waals surface area contributed by atoms with E-state index in [2.05, 4.69) is 91.0 Å². The van der Waals surface area contributed by atoms with Gasteiger partial charge >= 0.3 is 0 Å². The molecule has 0 atom stereocenters. The molecule has 60 heavy (non-hydrogen) atoms. The fraction of sp³-hybridized carbons (Fsp3) is 0. The van der Waals surface area contributed by atoms with Gasteiger partial charge in [0.1, 0.15) is 0 Å². The summed E-state index contributed by atoms with van der Waals surface area (Å²) in [5.74, 6) is 2.39. The summed E-state index contributed by atoms with van der Waals surface area (Å²) < 4.78 is 0. The summed E-state index contributed by atoms with van der Waals surface area (Å²) in [6.07, 6.45) is 0. The summed E-state index contributed by atoms with van der Waals surface area (Å²) in [6, 6.07) is 71.8. The summed E-state index contributed by atoms with van der Waals surface area (Å²) >= 11 is 0. The van der Waals surface area contributed by atoms with Crippen LogP contribution in [0.1, 0.15) is 5.56 Å². The Kier molecular flexibility index (Phi) is 9.51. The lowest BCUT2D eigenvalue weighted by atomic mass is 9.91. The van der Waals surface area contributed by atoms with Gasteiger partial charge in [0.15, 0.2) is 23.3 Å². The fourth-order valence-corrected chi connectivity index (χ4v) is 7.55. The van der Waals surface area contributed by atoms with Crippen molar-refractivity contribution >= 4 is 10.9 Å². The summed E-state index contributed by atoms with van der Waals surface area (Å²) in [5, 5.41) is 10.5. The lowest BCUT2D eigenvalue weighted by molar-refractivity contribution is 1.07. The fourth-order valence-electron chi connectivity index (χ4n) is 7.55. The Morgan fingerprint density at radius 2 is 0.767 bits per heavy atom. The van der Waals surface area contributed by atoms with Crippen LogP contribution in [0.5, 0.6) is 0 Å². The van der Waals surface area contributed by atoms with E-state index in [0.29, 0.717) is 28.9 Å². The second-order valence-corrected chi connectivity index (χ2v) is 14.4. The van der Waals surface area contributed by atoms with Crippen molar-refractivity contribution in [1.29, 1.82) is 5.26 Å². The Balaban J connectivity index is 1.10. The number of para-hydroxylation sites is 1. The minimum atomic E-state index is 0.559. The molecule has 0 N–H and O–H groups in total. The zero-order valence-corrected chi connectivity index (χ0v) is 32.3. The third-order valence-corrected chi connectivity index (χ3v) is 10.6. The predicted molar refractivity (Wildman–Crippen MR) is 241 cm³/mol. The van der Waals surface area contributed by atoms with Crippen molar-refractivity contribution in [3.8, 4) is 96.3 Å². The summed E-state index contributed by atoms with van der Waals surface area (Å²) in [5.41, 5.74) is 13.2. The number of hydrogen-bond donors (Lipinski definition) is 0. The number of fused-ring (bicyclic) bond motifs is 1. The summed E-state index contributed by atoms with van der Waals surface area (Å²) in [6.45, 7) is 0. The van der Waals surface area contributed by atoms with E-state index in [1.165, 1.54) is 0 Å². The molecule has 0 aliphatic rings. The molecule has 0 unspecified atom stereocenters. The van der Waals surface area contributed by atoms with E-state index in [9.17, 15) is 5.26 Å². The first-order valence-electron chi connectivity index (χ1n) is 19.7. The molecule has 0 radical (unpaired) electrons. The second kappa shape index (κ2) is 15.9. The molecule has 0 saturated carbocycles. The Morgan fingerprint density at radius 3 is 1.43 bits per heavy atom. The van der Waals surface area contributed by atoms with Gasteiger partial charge < -0.3 is 0 Å². The van der Waals surface area contributed by atoms with Gasteiger partial charge in [-0.25, -0.2) is 24.9 Å². The number of benzene rings is 8. The monoisotopic (exact) mass is 766 g/mol. The normalized spacial score (nSPS) is 11.0. The van der Waals surface area contributed by atoms with Crippen LogP contribution in [0.3, 0.4) is 0 Å². The van der Waals surface area contributed by atoms with Gasteiger partial charge in [0.05, 0.1) is 22.8 Å². The molecule has 0 saturated heterocycles. The van der Waals surface area contributed by atoms with Gasteiger partial charge in [-0.15, -0.1) is 0 Å². The van der Waals surface area contributed by atoms with Crippen LogP contribution in [-0.2, 0) is 0 Å². The Morgan fingerprint density at radius 1 is 0.300 bits per heavy atom. The summed E-state index contributed by atoms with van der Waals surface area (Å²) in [7, 11) is 0. The number of rotatable bonds is 8. The number of hydrogen-bond acceptors (Lipinski definition) is 6. The van der Waals surface area contributed by atoms with Crippen LogP contribution in [-0.4, -0.2) is 24.9 Å². The van der Waals surface area contributed by atoms with Crippen molar-refractivity contribution in [2.45, 2.75) is 0 Å². The molecule has 6 heteroatoms. The maximum Gasteiger partial charge on any atom is 0.164 e. The Hall–Kier alpha value is -8.40. The molecule has 10 aromatic rings. The van der Waals surface area contributed by atoms with Crippen molar-refractivity contribution < 1.29 is 0 Å². The Labute approximate surface area is 347 Å². The highest BCUT2D eigenvalue weighted by molar-refractivity contribution is 5.99. The lowest BCUT2D eigenvalue weighted by Crippen LogP contribution is -2.00. The van der Waals surface area contributed by atoms with Crippen LogP contribution < -0.4 is 0 Å². The SMILES string of the molecule is N#Cc1cccc(-c2cccc(-c3nc(-c4ccccc4)nc(-c4ccc(-c5cc(-c6ccccc6)ccc5-c5nc(-c6ccccc6)nc6ccccc56)cc4)n3)c2)c1. The van der Waals surface area contributed by atoms with E-state index in [1.54, 1.807) is 0 Å². The maximum atomic E-state index is 9.53. The molecular weight excluding hydrogens is 733 g/mol. The van der Waals surface area contributed by atoms with Crippen molar-refractivity contribution in [2.75, 3.05) is 0 Å². The highest BCUT2D eigenvalue weighted by Crippen LogP contribution is 2.39. The zero-order valence-electron chi connectivity index (χ0n) is 32.3. The van der Waals surface area contributed by atoms with Gasteiger partial charge in [-0.1, -0.05) is 176 Å².